The largest absolute Gasteiger partial charge is 0.422 e. The van der Waals surface area contributed by atoms with E-state index in [-0.39, 0.29) is 16.8 Å². The van der Waals surface area contributed by atoms with Gasteiger partial charge in [0.25, 0.3) is 0 Å². The molecule has 3 aromatic rings. The Balaban J connectivity index is 1.87. The normalized spacial score (nSPS) is 11.7. The average molecular weight is 360 g/mol. The van der Waals surface area contributed by atoms with E-state index < -0.39 is 21.4 Å². The molecule has 0 amide bonds. The molecule has 1 heterocycles. The quantitative estimate of drug-likeness (QED) is 0.732. The monoisotopic (exact) mass is 360 g/mol. The second kappa shape index (κ2) is 6.66. The Bertz CT molecular complexity index is 1130. The summed E-state index contributed by atoms with van der Waals surface area (Å²) in [6.07, 6.45) is 0.546. The van der Waals surface area contributed by atoms with Gasteiger partial charge in [-0.25, -0.2) is 22.7 Å². The van der Waals surface area contributed by atoms with E-state index in [2.05, 4.69) is 9.14 Å². The standard InChI is InChI=1S/C17H16N2O5S/c1-19-15-8-7-13(11-14(15)16(20)24-17(19)21)25(22,23)18-10-9-12-5-3-2-4-6-12/h2-8,11,18H,9-10H2,1H3. The van der Waals surface area contributed by atoms with Crippen LogP contribution in [0.2, 0.25) is 0 Å². The predicted octanol–water partition coefficient (Wildman–Crippen LogP) is 1.01. The molecule has 0 radical (unpaired) electrons. The topological polar surface area (TPSA) is 98.4 Å². The highest BCUT2D eigenvalue weighted by Crippen LogP contribution is 2.15. The Hall–Kier alpha value is -2.71. The van der Waals surface area contributed by atoms with Crippen LogP contribution in [0.25, 0.3) is 10.9 Å². The average Bonchev–Trinajstić information content (AvgIpc) is 2.60. The number of nitrogens with one attached hydrogen (secondary N) is 1. The van der Waals surface area contributed by atoms with Crippen LogP contribution in [0.1, 0.15) is 5.56 Å². The molecule has 2 aromatic carbocycles. The lowest BCUT2D eigenvalue weighted by Crippen LogP contribution is -2.27. The van der Waals surface area contributed by atoms with Crippen molar-refractivity contribution in [1.82, 2.24) is 9.29 Å². The molecule has 0 unspecified atom stereocenters. The molecule has 1 N–H and O–H groups in total. The van der Waals surface area contributed by atoms with Crippen LogP contribution in [-0.2, 0) is 23.5 Å². The van der Waals surface area contributed by atoms with Crippen molar-refractivity contribution in [3.05, 3.63) is 75.1 Å². The van der Waals surface area contributed by atoms with Gasteiger partial charge in [0.2, 0.25) is 10.0 Å². The van der Waals surface area contributed by atoms with E-state index in [1.54, 1.807) is 0 Å². The van der Waals surface area contributed by atoms with Crippen molar-refractivity contribution in [2.75, 3.05) is 6.54 Å². The zero-order valence-electron chi connectivity index (χ0n) is 13.4. The number of sulfonamides is 1. The van der Waals surface area contributed by atoms with Gasteiger partial charge < -0.3 is 4.42 Å². The fraction of sp³-hybridized carbons (Fsp3) is 0.176. The third kappa shape index (κ3) is 3.54. The molecule has 0 fully saturated rings. The van der Waals surface area contributed by atoms with Gasteiger partial charge in [-0.1, -0.05) is 30.3 Å². The lowest BCUT2D eigenvalue weighted by Gasteiger charge is -2.08. The van der Waals surface area contributed by atoms with E-state index in [4.69, 9.17) is 0 Å². The van der Waals surface area contributed by atoms with E-state index >= 15 is 0 Å². The first-order chi connectivity index (χ1) is 11.9. The van der Waals surface area contributed by atoms with Gasteiger partial charge in [-0.3, -0.25) is 4.57 Å². The number of hydrogen-bond acceptors (Lipinski definition) is 5. The van der Waals surface area contributed by atoms with Crippen molar-refractivity contribution in [3.63, 3.8) is 0 Å². The van der Waals surface area contributed by atoms with E-state index in [0.29, 0.717) is 11.9 Å². The number of benzene rings is 2. The third-order valence-corrected chi connectivity index (χ3v) is 5.32. The number of hydrogen-bond donors (Lipinski definition) is 1. The lowest BCUT2D eigenvalue weighted by molar-refractivity contribution is 0.432. The zero-order valence-corrected chi connectivity index (χ0v) is 14.2. The summed E-state index contributed by atoms with van der Waals surface area (Å²) in [5.41, 5.74) is 0.461. The SMILES string of the molecule is Cn1c(=O)oc(=O)c2cc(S(=O)(=O)NCCc3ccccc3)ccc21. The highest BCUT2D eigenvalue weighted by atomic mass is 32.2. The van der Waals surface area contributed by atoms with Gasteiger partial charge in [-0.2, -0.15) is 0 Å². The summed E-state index contributed by atoms with van der Waals surface area (Å²) in [7, 11) is -2.34. The Morgan fingerprint density at radius 1 is 1.08 bits per heavy atom. The summed E-state index contributed by atoms with van der Waals surface area (Å²) in [6.45, 7) is 0.228. The minimum Gasteiger partial charge on any atom is -0.372 e. The molecule has 130 valence electrons. The van der Waals surface area contributed by atoms with Crippen molar-refractivity contribution in [2.45, 2.75) is 11.3 Å². The highest BCUT2D eigenvalue weighted by Gasteiger charge is 2.16. The molecule has 0 saturated heterocycles. The van der Waals surface area contributed by atoms with Gasteiger partial charge in [0, 0.05) is 13.6 Å². The van der Waals surface area contributed by atoms with Gasteiger partial charge in [0.1, 0.15) is 0 Å². The van der Waals surface area contributed by atoms with Crippen molar-refractivity contribution >= 4 is 20.9 Å². The minimum absolute atomic E-state index is 0.0352. The van der Waals surface area contributed by atoms with Crippen molar-refractivity contribution in [3.8, 4) is 0 Å². The Kier molecular flexibility index (Phi) is 4.56. The maximum atomic E-state index is 12.4. The molecule has 0 aliphatic heterocycles. The van der Waals surface area contributed by atoms with Gasteiger partial charge in [-0.05, 0) is 30.2 Å². The number of fused-ring (bicyclic) bond motifs is 1. The summed E-state index contributed by atoms with van der Waals surface area (Å²) in [4.78, 5) is 23.3. The Morgan fingerprint density at radius 3 is 2.52 bits per heavy atom. The molecular weight excluding hydrogens is 344 g/mol. The van der Waals surface area contributed by atoms with Crippen LogP contribution < -0.4 is 16.1 Å². The number of aromatic nitrogens is 1. The first-order valence-corrected chi connectivity index (χ1v) is 9.04. The fourth-order valence-corrected chi connectivity index (χ4v) is 3.55. The summed E-state index contributed by atoms with van der Waals surface area (Å²) >= 11 is 0. The number of nitrogens with zero attached hydrogens (tertiary/aromatic N) is 1. The Labute approximate surface area is 143 Å². The van der Waals surface area contributed by atoms with Crippen LogP contribution in [0, 0.1) is 0 Å². The minimum atomic E-state index is -3.78. The predicted molar refractivity (Wildman–Crippen MR) is 93.1 cm³/mol. The van der Waals surface area contributed by atoms with Gasteiger partial charge in [0.05, 0.1) is 15.8 Å². The van der Waals surface area contributed by atoms with E-state index in [1.165, 1.54) is 25.2 Å². The highest BCUT2D eigenvalue weighted by molar-refractivity contribution is 7.89. The molecule has 0 bridgehead atoms. The first-order valence-electron chi connectivity index (χ1n) is 7.56. The molecule has 0 atom stereocenters. The Morgan fingerprint density at radius 2 is 1.80 bits per heavy atom. The maximum absolute atomic E-state index is 12.4. The van der Waals surface area contributed by atoms with Gasteiger partial charge in [-0.15, -0.1) is 0 Å². The van der Waals surface area contributed by atoms with Crippen LogP contribution >= 0.6 is 0 Å². The smallest absolute Gasteiger partial charge is 0.372 e. The summed E-state index contributed by atoms with van der Waals surface area (Å²) in [6, 6.07) is 13.5. The molecule has 0 saturated carbocycles. The molecule has 1 aromatic heterocycles. The van der Waals surface area contributed by atoms with Gasteiger partial charge >= 0.3 is 11.4 Å². The summed E-state index contributed by atoms with van der Waals surface area (Å²) in [5.74, 6) is -0.797. The molecule has 7 nitrogen and oxygen atoms in total. The second-order valence-corrected chi connectivity index (χ2v) is 7.29. The third-order valence-electron chi connectivity index (χ3n) is 3.86. The van der Waals surface area contributed by atoms with Crippen LogP contribution in [0.15, 0.2) is 67.4 Å². The number of aryl methyl sites for hydroxylation is 1. The van der Waals surface area contributed by atoms with Crippen LogP contribution in [0.4, 0.5) is 0 Å². The van der Waals surface area contributed by atoms with Crippen molar-refractivity contribution in [2.24, 2.45) is 7.05 Å². The van der Waals surface area contributed by atoms with Gasteiger partial charge in [0.15, 0.2) is 0 Å². The molecule has 0 spiro atoms. The van der Waals surface area contributed by atoms with Crippen LogP contribution in [0.5, 0.6) is 0 Å². The fourth-order valence-electron chi connectivity index (χ4n) is 2.50. The summed E-state index contributed by atoms with van der Waals surface area (Å²) in [5, 5.41) is 0.0352. The molecular formula is C17H16N2O5S. The van der Waals surface area contributed by atoms with E-state index in [0.717, 1.165) is 10.1 Å². The first kappa shape index (κ1) is 17.1. The lowest BCUT2D eigenvalue weighted by atomic mass is 10.2. The van der Waals surface area contributed by atoms with Crippen LogP contribution in [0.3, 0.4) is 0 Å². The molecule has 0 aliphatic carbocycles. The van der Waals surface area contributed by atoms with Crippen molar-refractivity contribution in [1.29, 1.82) is 0 Å². The van der Waals surface area contributed by atoms with Crippen LogP contribution in [-0.4, -0.2) is 19.5 Å². The summed E-state index contributed by atoms with van der Waals surface area (Å²) < 4.78 is 33.1. The second-order valence-electron chi connectivity index (χ2n) is 5.53. The molecule has 25 heavy (non-hydrogen) atoms. The van der Waals surface area contributed by atoms with E-state index in [9.17, 15) is 18.0 Å². The molecule has 8 heteroatoms. The number of rotatable bonds is 5. The van der Waals surface area contributed by atoms with E-state index in [1.807, 2.05) is 30.3 Å². The zero-order chi connectivity index (χ0) is 18.0. The maximum Gasteiger partial charge on any atom is 0.422 e. The molecule has 3 rings (SSSR count). The van der Waals surface area contributed by atoms with Crippen molar-refractivity contribution < 1.29 is 12.8 Å². The molecule has 0 aliphatic rings.